The molecule has 2 heteroatoms. The highest BCUT2D eigenvalue weighted by atomic mass is 16.5. The molecule has 0 unspecified atom stereocenters. The monoisotopic (exact) mass is 203 g/mol. The van der Waals surface area contributed by atoms with E-state index in [1.165, 1.54) is 36.8 Å². The van der Waals surface area contributed by atoms with Crippen LogP contribution < -0.4 is 10.1 Å². The van der Waals surface area contributed by atoms with Gasteiger partial charge in [0.2, 0.25) is 0 Å². The highest BCUT2D eigenvalue weighted by molar-refractivity contribution is 5.37. The van der Waals surface area contributed by atoms with Crippen LogP contribution >= 0.6 is 0 Å². The predicted octanol–water partition coefficient (Wildman–Crippen LogP) is 2.61. The molecular formula is C13H17NO. The highest BCUT2D eigenvalue weighted by Crippen LogP contribution is 2.26. The summed E-state index contributed by atoms with van der Waals surface area (Å²) in [5, 5.41) is 3.35. The third-order valence-corrected chi connectivity index (χ3v) is 3.41. The molecule has 3 rings (SSSR count). The molecule has 0 amide bonds. The van der Waals surface area contributed by atoms with E-state index in [0.29, 0.717) is 6.10 Å². The maximum absolute atomic E-state index is 5.97. The van der Waals surface area contributed by atoms with Crippen LogP contribution in [0.1, 0.15) is 36.8 Å². The van der Waals surface area contributed by atoms with E-state index in [-0.39, 0.29) is 0 Å². The second-order valence-electron chi connectivity index (χ2n) is 4.56. The summed E-state index contributed by atoms with van der Waals surface area (Å²) in [5.41, 5.74) is 2.83. The molecule has 1 fully saturated rings. The van der Waals surface area contributed by atoms with E-state index in [9.17, 15) is 0 Å². The molecule has 1 aliphatic carbocycles. The van der Waals surface area contributed by atoms with Crippen LogP contribution in [-0.2, 0) is 13.1 Å². The van der Waals surface area contributed by atoms with Crippen molar-refractivity contribution in [1.82, 2.24) is 5.32 Å². The van der Waals surface area contributed by atoms with Crippen LogP contribution in [0.3, 0.4) is 0 Å². The van der Waals surface area contributed by atoms with E-state index in [2.05, 4.69) is 23.5 Å². The Labute approximate surface area is 90.6 Å². The van der Waals surface area contributed by atoms with Crippen molar-refractivity contribution < 1.29 is 4.74 Å². The van der Waals surface area contributed by atoms with Crippen molar-refractivity contribution in [1.29, 1.82) is 0 Å². The van der Waals surface area contributed by atoms with Crippen LogP contribution in [0, 0.1) is 0 Å². The summed E-state index contributed by atoms with van der Waals surface area (Å²) in [6.07, 6.45) is 5.59. The van der Waals surface area contributed by atoms with Gasteiger partial charge in [0.15, 0.2) is 0 Å². The minimum Gasteiger partial charge on any atom is -0.490 e. The van der Waals surface area contributed by atoms with E-state index in [1.54, 1.807) is 0 Å². The molecule has 80 valence electrons. The molecule has 0 bridgehead atoms. The van der Waals surface area contributed by atoms with Gasteiger partial charge in [0.05, 0.1) is 6.10 Å². The third-order valence-electron chi connectivity index (χ3n) is 3.41. The SMILES string of the molecule is c1cc2c(cc1OC1CCCC1)CNC2. The number of benzene rings is 1. The van der Waals surface area contributed by atoms with Crippen LogP contribution in [0.15, 0.2) is 18.2 Å². The van der Waals surface area contributed by atoms with E-state index in [1.807, 2.05) is 0 Å². The summed E-state index contributed by atoms with van der Waals surface area (Å²) in [7, 11) is 0. The van der Waals surface area contributed by atoms with Gasteiger partial charge >= 0.3 is 0 Å². The fourth-order valence-corrected chi connectivity index (χ4v) is 2.54. The van der Waals surface area contributed by atoms with Crippen LogP contribution in [-0.4, -0.2) is 6.10 Å². The molecule has 1 aliphatic heterocycles. The Kier molecular flexibility index (Phi) is 2.37. The zero-order valence-corrected chi connectivity index (χ0v) is 8.96. The first-order chi connectivity index (χ1) is 7.42. The summed E-state index contributed by atoms with van der Waals surface area (Å²) in [6, 6.07) is 6.51. The van der Waals surface area contributed by atoms with Crippen LogP contribution in [0.2, 0.25) is 0 Å². The van der Waals surface area contributed by atoms with Gasteiger partial charge in [-0.15, -0.1) is 0 Å². The molecule has 15 heavy (non-hydrogen) atoms. The Balaban J connectivity index is 1.75. The summed E-state index contributed by atoms with van der Waals surface area (Å²) in [6.45, 7) is 2.01. The van der Waals surface area contributed by atoms with Crippen LogP contribution in [0.4, 0.5) is 0 Å². The molecule has 2 nitrogen and oxygen atoms in total. The molecule has 0 atom stereocenters. The van der Waals surface area contributed by atoms with Crippen molar-refractivity contribution >= 4 is 0 Å². The quantitative estimate of drug-likeness (QED) is 0.797. The van der Waals surface area contributed by atoms with Crippen molar-refractivity contribution in [2.45, 2.75) is 44.9 Å². The number of ether oxygens (including phenoxy) is 1. The van der Waals surface area contributed by atoms with E-state index in [0.717, 1.165) is 18.8 Å². The Morgan fingerprint density at radius 1 is 1.07 bits per heavy atom. The summed E-state index contributed by atoms with van der Waals surface area (Å²) in [4.78, 5) is 0. The maximum atomic E-state index is 5.97. The van der Waals surface area contributed by atoms with E-state index < -0.39 is 0 Å². The average molecular weight is 203 g/mol. The Morgan fingerprint density at radius 3 is 2.73 bits per heavy atom. The topological polar surface area (TPSA) is 21.3 Å². The van der Waals surface area contributed by atoms with Crippen molar-refractivity contribution in [3.05, 3.63) is 29.3 Å². The maximum Gasteiger partial charge on any atom is 0.120 e. The number of rotatable bonds is 2. The Hall–Kier alpha value is -1.02. The zero-order chi connectivity index (χ0) is 10.1. The van der Waals surface area contributed by atoms with Gasteiger partial charge < -0.3 is 10.1 Å². The minimum absolute atomic E-state index is 0.470. The third kappa shape index (κ3) is 1.86. The lowest BCUT2D eigenvalue weighted by Crippen LogP contribution is -2.10. The lowest BCUT2D eigenvalue weighted by Gasteiger charge is -2.13. The average Bonchev–Trinajstić information content (AvgIpc) is 2.87. The number of hydrogen-bond donors (Lipinski definition) is 1. The van der Waals surface area contributed by atoms with Gasteiger partial charge in [0.1, 0.15) is 5.75 Å². The first-order valence-corrected chi connectivity index (χ1v) is 5.91. The van der Waals surface area contributed by atoms with Crippen molar-refractivity contribution in [3.8, 4) is 5.75 Å². The molecule has 1 N–H and O–H groups in total. The Morgan fingerprint density at radius 2 is 1.87 bits per heavy atom. The normalized spacial score (nSPS) is 20.5. The molecule has 0 spiro atoms. The molecule has 2 aliphatic rings. The van der Waals surface area contributed by atoms with Gasteiger partial charge in [-0.1, -0.05) is 6.07 Å². The fraction of sp³-hybridized carbons (Fsp3) is 0.538. The van der Waals surface area contributed by atoms with Crippen LogP contribution in [0.5, 0.6) is 5.75 Å². The summed E-state index contributed by atoms with van der Waals surface area (Å²) >= 11 is 0. The van der Waals surface area contributed by atoms with Crippen LogP contribution in [0.25, 0.3) is 0 Å². The van der Waals surface area contributed by atoms with E-state index >= 15 is 0 Å². The van der Waals surface area contributed by atoms with Crippen molar-refractivity contribution in [2.24, 2.45) is 0 Å². The number of fused-ring (bicyclic) bond motifs is 1. The lowest BCUT2D eigenvalue weighted by atomic mass is 10.1. The minimum atomic E-state index is 0.470. The van der Waals surface area contributed by atoms with Gasteiger partial charge in [0.25, 0.3) is 0 Å². The summed E-state index contributed by atoms with van der Waals surface area (Å²) < 4.78 is 5.97. The Bertz CT molecular complexity index is 356. The number of nitrogens with one attached hydrogen (secondary N) is 1. The van der Waals surface area contributed by atoms with Crippen molar-refractivity contribution in [3.63, 3.8) is 0 Å². The molecular weight excluding hydrogens is 186 g/mol. The van der Waals surface area contributed by atoms with E-state index in [4.69, 9.17) is 4.74 Å². The predicted molar refractivity (Wildman–Crippen MR) is 59.9 cm³/mol. The first kappa shape index (κ1) is 9.22. The highest BCUT2D eigenvalue weighted by Gasteiger charge is 2.17. The smallest absolute Gasteiger partial charge is 0.120 e. The standard InChI is InChI=1S/C13H17NO/c1-2-4-12(3-1)15-13-6-5-10-8-14-9-11(10)7-13/h5-7,12,14H,1-4,8-9H2. The second kappa shape index (κ2) is 3.86. The molecule has 0 radical (unpaired) electrons. The van der Waals surface area contributed by atoms with Crippen molar-refractivity contribution in [2.75, 3.05) is 0 Å². The second-order valence-corrected chi connectivity index (χ2v) is 4.56. The molecule has 1 aromatic rings. The van der Waals surface area contributed by atoms with Gasteiger partial charge in [-0.3, -0.25) is 0 Å². The molecule has 1 heterocycles. The zero-order valence-electron chi connectivity index (χ0n) is 8.96. The molecule has 1 aromatic carbocycles. The molecule has 1 saturated carbocycles. The van der Waals surface area contributed by atoms with Gasteiger partial charge in [-0.05, 0) is 48.9 Å². The largest absolute Gasteiger partial charge is 0.490 e. The first-order valence-electron chi connectivity index (χ1n) is 5.91. The van der Waals surface area contributed by atoms with Gasteiger partial charge in [0, 0.05) is 13.1 Å². The van der Waals surface area contributed by atoms with Gasteiger partial charge in [-0.25, -0.2) is 0 Å². The lowest BCUT2D eigenvalue weighted by molar-refractivity contribution is 0.210. The molecule has 0 saturated heterocycles. The van der Waals surface area contributed by atoms with Gasteiger partial charge in [-0.2, -0.15) is 0 Å². The molecule has 0 aromatic heterocycles. The fourth-order valence-electron chi connectivity index (χ4n) is 2.54. The summed E-state index contributed by atoms with van der Waals surface area (Å²) in [5.74, 6) is 1.06. The number of hydrogen-bond acceptors (Lipinski definition) is 2.